The number of rotatable bonds is 2. The number of ketones is 1. The lowest BCUT2D eigenvalue weighted by molar-refractivity contribution is 0.0968. The van der Waals surface area contributed by atoms with Gasteiger partial charge in [-0.2, -0.15) is 0 Å². The summed E-state index contributed by atoms with van der Waals surface area (Å²) in [5, 5.41) is 9.42. The summed E-state index contributed by atoms with van der Waals surface area (Å²) in [4.78, 5) is 11.6. The molecule has 2 nitrogen and oxygen atoms in total. The Kier molecular flexibility index (Phi) is 2.00. The molecule has 3 heteroatoms. The second kappa shape index (κ2) is 3.04. The van der Waals surface area contributed by atoms with E-state index in [4.69, 9.17) is 16.7 Å². The monoisotopic (exact) mass is 196 g/mol. The van der Waals surface area contributed by atoms with Crippen molar-refractivity contribution in [2.24, 2.45) is 5.92 Å². The number of phenolic OH excluding ortho intramolecular Hbond substituents is 1. The van der Waals surface area contributed by atoms with Crippen LogP contribution in [-0.4, -0.2) is 10.9 Å². The number of Topliss-reactive ketones (excluding diaryl/α,β-unsaturated/α-hetero) is 1. The first-order chi connectivity index (χ1) is 6.18. The number of carbonyl (C=O) groups is 1. The molecule has 1 saturated carbocycles. The van der Waals surface area contributed by atoms with Crippen LogP contribution in [-0.2, 0) is 0 Å². The van der Waals surface area contributed by atoms with Gasteiger partial charge in [0.15, 0.2) is 5.78 Å². The van der Waals surface area contributed by atoms with E-state index in [2.05, 4.69) is 0 Å². The molecular formula is C10H9ClO2. The number of halogens is 1. The Labute approximate surface area is 81.1 Å². The number of phenols is 1. The van der Waals surface area contributed by atoms with Crippen LogP contribution in [0.2, 0.25) is 5.02 Å². The lowest BCUT2D eigenvalue weighted by atomic mass is 10.1. The van der Waals surface area contributed by atoms with E-state index in [9.17, 15) is 4.79 Å². The van der Waals surface area contributed by atoms with Gasteiger partial charge in [-0.3, -0.25) is 4.79 Å². The third kappa shape index (κ3) is 1.68. The summed E-state index contributed by atoms with van der Waals surface area (Å²) in [7, 11) is 0. The molecule has 0 aliphatic heterocycles. The van der Waals surface area contributed by atoms with Crippen molar-refractivity contribution in [2.75, 3.05) is 0 Å². The van der Waals surface area contributed by atoms with Crippen LogP contribution < -0.4 is 0 Å². The molecular weight excluding hydrogens is 188 g/mol. The summed E-state index contributed by atoms with van der Waals surface area (Å²) in [6.45, 7) is 0. The first-order valence-corrected chi connectivity index (χ1v) is 4.59. The van der Waals surface area contributed by atoms with E-state index in [-0.39, 0.29) is 17.5 Å². The number of hydrogen-bond donors (Lipinski definition) is 1. The van der Waals surface area contributed by atoms with Crippen LogP contribution in [0, 0.1) is 5.92 Å². The van der Waals surface area contributed by atoms with Crippen molar-refractivity contribution in [3.63, 3.8) is 0 Å². The maximum absolute atomic E-state index is 11.6. The van der Waals surface area contributed by atoms with Crippen LogP contribution in [0.4, 0.5) is 0 Å². The second-order valence-corrected chi connectivity index (χ2v) is 3.71. The average Bonchev–Trinajstić information content (AvgIpc) is 2.85. The van der Waals surface area contributed by atoms with Gasteiger partial charge in [0.05, 0.1) is 5.02 Å². The van der Waals surface area contributed by atoms with Gasteiger partial charge in [-0.25, -0.2) is 0 Å². The maximum Gasteiger partial charge on any atom is 0.167 e. The molecule has 1 aliphatic carbocycles. The van der Waals surface area contributed by atoms with Gasteiger partial charge in [0.1, 0.15) is 5.75 Å². The van der Waals surface area contributed by atoms with Gasteiger partial charge in [-0.05, 0) is 31.0 Å². The van der Waals surface area contributed by atoms with Crippen LogP contribution >= 0.6 is 11.6 Å². The Hall–Kier alpha value is -1.02. The SMILES string of the molecule is O=C(c1ccc(O)cc1Cl)C1CC1. The lowest BCUT2D eigenvalue weighted by Gasteiger charge is -2.01. The predicted molar refractivity (Wildman–Crippen MR) is 50.2 cm³/mol. The van der Waals surface area contributed by atoms with E-state index in [0.717, 1.165) is 12.8 Å². The third-order valence-electron chi connectivity index (χ3n) is 2.17. The van der Waals surface area contributed by atoms with Crippen molar-refractivity contribution >= 4 is 17.4 Å². The molecule has 0 amide bonds. The number of carbonyl (C=O) groups excluding carboxylic acids is 1. The molecule has 1 fully saturated rings. The minimum absolute atomic E-state index is 0.0948. The standard InChI is InChI=1S/C10H9ClO2/c11-9-5-7(12)3-4-8(9)10(13)6-1-2-6/h3-6,12H,1-2H2. The van der Waals surface area contributed by atoms with Crippen LogP contribution in [0.3, 0.4) is 0 Å². The van der Waals surface area contributed by atoms with E-state index < -0.39 is 0 Å². The molecule has 1 aromatic rings. The zero-order chi connectivity index (χ0) is 9.42. The van der Waals surface area contributed by atoms with E-state index >= 15 is 0 Å². The Morgan fingerprint density at radius 2 is 2.15 bits per heavy atom. The fraction of sp³-hybridized carbons (Fsp3) is 0.300. The van der Waals surface area contributed by atoms with Crippen molar-refractivity contribution in [3.05, 3.63) is 28.8 Å². The molecule has 0 unspecified atom stereocenters. The Balaban J connectivity index is 2.33. The molecule has 0 aromatic heterocycles. The highest BCUT2D eigenvalue weighted by atomic mass is 35.5. The highest BCUT2D eigenvalue weighted by Gasteiger charge is 2.31. The van der Waals surface area contributed by atoms with Crippen molar-refractivity contribution in [1.29, 1.82) is 0 Å². The lowest BCUT2D eigenvalue weighted by Crippen LogP contribution is -2.01. The minimum Gasteiger partial charge on any atom is -0.508 e. The van der Waals surface area contributed by atoms with Crippen molar-refractivity contribution in [1.82, 2.24) is 0 Å². The Morgan fingerprint density at radius 1 is 1.46 bits per heavy atom. The van der Waals surface area contributed by atoms with Crippen LogP contribution in [0.1, 0.15) is 23.2 Å². The van der Waals surface area contributed by atoms with Crippen LogP contribution in [0.5, 0.6) is 5.75 Å². The van der Waals surface area contributed by atoms with Crippen molar-refractivity contribution in [3.8, 4) is 5.75 Å². The number of benzene rings is 1. The summed E-state index contributed by atoms with van der Waals surface area (Å²) < 4.78 is 0. The van der Waals surface area contributed by atoms with Gasteiger partial charge in [-0.15, -0.1) is 0 Å². The quantitative estimate of drug-likeness (QED) is 0.739. The largest absolute Gasteiger partial charge is 0.508 e. The third-order valence-corrected chi connectivity index (χ3v) is 2.48. The van der Waals surface area contributed by atoms with E-state index in [0.29, 0.717) is 10.6 Å². The predicted octanol–water partition coefficient (Wildman–Crippen LogP) is 2.64. The zero-order valence-electron chi connectivity index (χ0n) is 6.96. The highest BCUT2D eigenvalue weighted by molar-refractivity contribution is 6.34. The first kappa shape index (κ1) is 8.57. The molecule has 0 saturated heterocycles. The van der Waals surface area contributed by atoms with Gasteiger partial charge >= 0.3 is 0 Å². The summed E-state index contributed by atoms with van der Waals surface area (Å²) in [5.41, 5.74) is 0.530. The van der Waals surface area contributed by atoms with Gasteiger partial charge in [-0.1, -0.05) is 11.6 Å². The molecule has 0 atom stereocenters. The van der Waals surface area contributed by atoms with Gasteiger partial charge in [0.25, 0.3) is 0 Å². The van der Waals surface area contributed by atoms with Crippen molar-refractivity contribution < 1.29 is 9.90 Å². The topological polar surface area (TPSA) is 37.3 Å². The summed E-state index contributed by atoms with van der Waals surface area (Å²) in [5.74, 6) is 0.365. The molecule has 1 aliphatic rings. The normalized spacial score (nSPS) is 15.8. The summed E-state index contributed by atoms with van der Waals surface area (Å²) in [6.07, 6.45) is 1.94. The molecule has 0 radical (unpaired) electrons. The molecule has 1 N–H and O–H groups in total. The fourth-order valence-corrected chi connectivity index (χ4v) is 1.54. The second-order valence-electron chi connectivity index (χ2n) is 3.30. The van der Waals surface area contributed by atoms with E-state index in [1.54, 1.807) is 6.07 Å². The Bertz CT molecular complexity index is 356. The van der Waals surface area contributed by atoms with Crippen LogP contribution in [0.15, 0.2) is 18.2 Å². The molecule has 0 bridgehead atoms. The van der Waals surface area contributed by atoms with Gasteiger partial charge < -0.3 is 5.11 Å². The van der Waals surface area contributed by atoms with E-state index in [1.165, 1.54) is 12.1 Å². The molecule has 2 rings (SSSR count). The van der Waals surface area contributed by atoms with Crippen LogP contribution in [0.25, 0.3) is 0 Å². The molecule has 0 heterocycles. The van der Waals surface area contributed by atoms with Gasteiger partial charge in [0, 0.05) is 11.5 Å². The van der Waals surface area contributed by atoms with Gasteiger partial charge in [0.2, 0.25) is 0 Å². The number of hydrogen-bond acceptors (Lipinski definition) is 2. The smallest absolute Gasteiger partial charge is 0.167 e. The molecule has 68 valence electrons. The highest BCUT2D eigenvalue weighted by Crippen LogP contribution is 2.35. The number of aromatic hydroxyl groups is 1. The van der Waals surface area contributed by atoms with E-state index in [1.807, 2.05) is 0 Å². The average molecular weight is 197 g/mol. The molecule has 1 aromatic carbocycles. The Morgan fingerprint density at radius 3 is 2.69 bits per heavy atom. The summed E-state index contributed by atoms with van der Waals surface area (Å²) >= 11 is 5.82. The molecule has 0 spiro atoms. The summed E-state index contributed by atoms with van der Waals surface area (Å²) in [6, 6.07) is 4.47. The molecule has 13 heavy (non-hydrogen) atoms. The fourth-order valence-electron chi connectivity index (χ4n) is 1.27. The minimum atomic E-state index is 0.0948. The zero-order valence-corrected chi connectivity index (χ0v) is 7.71. The first-order valence-electron chi connectivity index (χ1n) is 4.21. The van der Waals surface area contributed by atoms with Crippen molar-refractivity contribution in [2.45, 2.75) is 12.8 Å². The maximum atomic E-state index is 11.6.